The highest BCUT2D eigenvalue weighted by Gasteiger charge is 2.17. The van der Waals surface area contributed by atoms with Gasteiger partial charge in [-0.05, 0) is 30.4 Å². The number of carbonyl (C=O) groups excluding carboxylic acids is 1. The highest BCUT2D eigenvalue weighted by atomic mass is 16.1. The molecule has 0 aliphatic carbocycles. The lowest BCUT2D eigenvalue weighted by Gasteiger charge is -2.16. The first-order chi connectivity index (χ1) is 8.63. The summed E-state index contributed by atoms with van der Waals surface area (Å²) in [5.41, 5.74) is 6.76. The molecule has 3 N–H and O–H groups in total. The van der Waals surface area contributed by atoms with Crippen LogP contribution in [0.1, 0.15) is 25.8 Å². The molecule has 1 unspecified atom stereocenters. The maximum atomic E-state index is 11.9. The van der Waals surface area contributed by atoms with Crippen molar-refractivity contribution < 1.29 is 4.79 Å². The molecule has 0 saturated carbocycles. The lowest BCUT2D eigenvalue weighted by molar-refractivity contribution is -0.125. The topological polar surface area (TPSA) is 68.0 Å². The molecule has 1 atom stereocenters. The second kappa shape index (κ2) is 7.82. The van der Waals surface area contributed by atoms with E-state index < -0.39 is 0 Å². The number of hydrogen-bond donors (Lipinski definition) is 2. The Morgan fingerprint density at radius 1 is 1.50 bits per heavy atom. The normalized spacial score (nSPS) is 12.4. The average Bonchev–Trinajstić information content (AvgIpc) is 2.36. The molecule has 1 aromatic heterocycles. The van der Waals surface area contributed by atoms with Crippen LogP contribution in [-0.4, -0.2) is 24.0 Å². The Morgan fingerprint density at radius 2 is 2.28 bits per heavy atom. The number of amides is 1. The van der Waals surface area contributed by atoms with Gasteiger partial charge in [0.15, 0.2) is 0 Å². The largest absolute Gasteiger partial charge is 0.355 e. The van der Waals surface area contributed by atoms with Crippen LogP contribution in [0.2, 0.25) is 0 Å². The summed E-state index contributed by atoms with van der Waals surface area (Å²) in [6.07, 6.45) is 5.21. The van der Waals surface area contributed by atoms with Gasteiger partial charge in [-0.1, -0.05) is 19.9 Å². The van der Waals surface area contributed by atoms with Crippen molar-refractivity contribution in [2.45, 2.75) is 26.7 Å². The van der Waals surface area contributed by atoms with E-state index in [-0.39, 0.29) is 11.8 Å². The van der Waals surface area contributed by atoms with Gasteiger partial charge in [-0.3, -0.25) is 9.78 Å². The highest BCUT2D eigenvalue weighted by molar-refractivity contribution is 5.78. The van der Waals surface area contributed by atoms with Crippen molar-refractivity contribution in [1.82, 2.24) is 10.3 Å². The fourth-order valence-electron chi connectivity index (χ4n) is 1.90. The van der Waals surface area contributed by atoms with E-state index in [1.54, 1.807) is 6.20 Å². The second-order valence-corrected chi connectivity index (χ2v) is 4.96. The Kier molecular flexibility index (Phi) is 6.36. The van der Waals surface area contributed by atoms with Gasteiger partial charge >= 0.3 is 0 Å². The third kappa shape index (κ3) is 5.27. The smallest absolute Gasteiger partial charge is 0.224 e. The Hall–Kier alpha value is -1.42. The molecule has 0 radical (unpaired) electrons. The molecule has 0 saturated heterocycles. The third-order valence-electron chi connectivity index (χ3n) is 2.85. The van der Waals surface area contributed by atoms with Crippen molar-refractivity contribution in [3.05, 3.63) is 30.1 Å². The van der Waals surface area contributed by atoms with Crippen LogP contribution in [0.5, 0.6) is 0 Å². The molecule has 4 heteroatoms. The number of hydrogen-bond acceptors (Lipinski definition) is 3. The number of aromatic nitrogens is 1. The molecule has 0 aliphatic heterocycles. The lowest BCUT2D eigenvalue weighted by Crippen LogP contribution is -2.36. The predicted molar refractivity (Wildman–Crippen MR) is 73.0 cm³/mol. The van der Waals surface area contributed by atoms with Gasteiger partial charge in [-0.15, -0.1) is 0 Å². The van der Waals surface area contributed by atoms with Crippen LogP contribution in [0.25, 0.3) is 0 Å². The monoisotopic (exact) mass is 249 g/mol. The van der Waals surface area contributed by atoms with Gasteiger partial charge in [0, 0.05) is 25.5 Å². The summed E-state index contributed by atoms with van der Waals surface area (Å²) in [5, 5.41) is 2.94. The fraction of sp³-hybridized carbons (Fsp3) is 0.571. The maximum absolute atomic E-state index is 11.9. The quantitative estimate of drug-likeness (QED) is 0.766. The van der Waals surface area contributed by atoms with Gasteiger partial charge < -0.3 is 11.1 Å². The summed E-state index contributed by atoms with van der Waals surface area (Å²) in [4.78, 5) is 15.9. The number of nitrogens with zero attached hydrogens (tertiary/aromatic N) is 1. The van der Waals surface area contributed by atoms with Crippen molar-refractivity contribution in [3.8, 4) is 0 Å². The third-order valence-corrected chi connectivity index (χ3v) is 2.85. The molecule has 0 fully saturated rings. The van der Waals surface area contributed by atoms with Crippen LogP contribution in [0.4, 0.5) is 0 Å². The minimum Gasteiger partial charge on any atom is -0.355 e. The summed E-state index contributed by atoms with van der Waals surface area (Å²) in [5.74, 6) is 0.483. The zero-order valence-corrected chi connectivity index (χ0v) is 11.2. The molecule has 0 aromatic carbocycles. The zero-order chi connectivity index (χ0) is 13.4. The van der Waals surface area contributed by atoms with Crippen LogP contribution in [-0.2, 0) is 11.2 Å². The molecule has 1 rings (SSSR count). The first kappa shape index (κ1) is 14.6. The second-order valence-electron chi connectivity index (χ2n) is 4.96. The predicted octanol–water partition coefficient (Wildman–Crippen LogP) is 1.36. The molecular weight excluding hydrogens is 226 g/mol. The maximum Gasteiger partial charge on any atom is 0.224 e. The number of nitrogens with one attached hydrogen (secondary N) is 1. The molecule has 18 heavy (non-hydrogen) atoms. The van der Waals surface area contributed by atoms with Crippen molar-refractivity contribution in [2.24, 2.45) is 17.6 Å². The van der Waals surface area contributed by atoms with Crippen LogP contribution in [0.3, 0.4) is 0 Å². The highest BCUT2D eigenvalue weighted by Crippen LogP contribution is 2.10. The Bertz CT molecular complexity index is 351. The minimum absolute atomic E-state index is 0.0649. The Balaban J connectivity index is 2.31. The first-order valence-electron chi connectivity index (χ1n) is 6.50. The van der Waals surface area contributed by atoms with Crippen molar-refractivity contribution in [3.63, 3.8) is 0 Å². The lowest BCUT2D eigenvalue weighted by atomic mass is 9.96. The van der Waals surface area contributed by atoms with Gasteiger partial charge in [0.1, 0.15) is 0 Å². The molecule has 0 bridgehead atoms. The zero-order valence-electron chi connectivity index (χ0n) is 11.2. The van der Waals surface area contributed by atoms with E-state index in [1.165, 1.54) is 0 Å². The van der Waals surface area contributed by atoms with Crippen molar-refractivity contribution in [2.75, 3.05) is 13.1 Å². The number of rotatable bonds is 7. The van der Waals surface area contributed by atoms with E-state index in [1.807, 2.05) is 18.3 Å². The summed E-state index contributed by atoms with van der Waals surface area (Å²) < 4.78 is 0. The summed E-state index contributed by atoms with van der Waals surface area (Å²) in [6.45, 7) is 5.26. The van der Waals surface area contributed by atoms with E-state index in [4.69, 9.17) is 5.73 Å². The number of carbonyl (C=O) groups is 1. The van der Waals surface area contributed by atoms with Gasteiger partial charge in [-0.25, -0.2) is 0 Å². The van der Waals surface area contributed by atoms with E-state index in [0.717, 1.165) is 18.4 Å². The van der Waals surface area contributed by atoms with Crippen LogP contribution in [0, 0.1) is 11.8 Å². The van der Waals surface area contributed by atoms with Gasteiger partial charge in [0.25, 0.3) is 0 Å². The number of pyridine rings is 1. The summed E-state index contributed by atoms with van der Waals surface area (Å²) >= 11 is 0. The first-order valence-corrected chi connectivity index (χ1v) is 6.50. The van der Waals surface area contributed by atoms with Crippen LogP contribution >= 0.6 is 0 Å². The SMILES string of the molecule is CC(C)CC(CN)C(=O)NCCc1cccnc1. The Morgan fingerprint density at radius 3 is 2.83 bits per heavy atom. The molecule has 0 spiro atoms. The minimum atomic E-state index is -0.0705. The molecule has 100 valence electrons. The fourth-order valence-corrected chi connectivity index (χ4v) is 1.90. The van der Waals surface area contributed by atoms with Gasteiger partial charge in [0.05, 0.1) is 5.92 Å². The van der Waals surface area contributed by atoms with Crippen LogP contribution < -0.4 is 11.1 Å². The molecule has 1 amide bonds. The van der Waals surface area contributed by atoms with Gasteiger partial charge in [0.2, 0.25) is 5.91 Å². The van der Waals surface area contributed by atoms with Gasteiger partial charge in [-0.2, -0.15) is 0 Å². The summed E-state index contributed by atoms with van der Waals surface area (Å²) in [6, 6.07) is 3.91. The van der Waals surface area contributed by atoms with E-state index in [9.17, 15) is 4.79 Å². The standard InChI is InChI=1S/C14H23N3O/c1-11(2)8-13(9-15)14(18)17-7-5-12-4-3-6-16-10-12/h3-4,6,10-11,13H,5,7-9,15H2,1-2H3,(H,17,18). The molecule has 4 nitrogen and oxygen atoms in total. The van der Waals surface area contributed by atoms with E-state index in [2.05, 4.69) is 24.1 Å². The Labute approximate surface area is 109 Å². The van der Waals surface area contributed by atoms with Crippen LogP contribution in [0.15, 0.2) is 24.5 Å². The molecule has 1 aromatic rings. The molecule has 1 heterocycles. The molecular formula is C14H23N3O. The summed E-state index contributed by atoms with van der Waals surface area (Å²) in [7, 11) is 0. The van der Waals surface area contributed by atoms with E-state index >= 15 is 0 Å². The molecule has 0 aliphatic rings. The van der Waals surface area contributed by atoms with E-state index in [0.29, 0.717) is 19.0 Å². The average molecular weight is 249 g/mol. The number of nitrogens with two attached hydrogens (primary N) is 1. The van der Waals surface area contributed by atoms with Crippen molar-refractivity contribution >= 4 is 5.91 Å². The van der Waals surface area contributed by atoms with Crippen molar-refractivity contribution in [1.29, 1.82) is 0 Å².